The molecule has 0 fully saturated rings. The number of amides is 2. The van der Waals surface area contributed by atoms with Crippen LogP contribution in [-0.2, 0) is 6.42 Å². The van der Waals surface area contributed by atoms with Gasteiger partial charge in [0.05, 0.1) is 10.6 Å². The highest BCUT2D eigenvalue weighted by molar-refractivity contribution is 7.12. The zero-order valence-electron chi connectivity index (χ0n) is 17.4. The van der Waals surface area contributed by atoms with Gasteiger partial charge in [-0.05, 0) is 43.3 Å². The maximum absolute atomic E-state index is 13.0. The van der Waals surface area contributed by atoms with Gasteiger partial charge in [-0.25, -0.2) is 5.43 Å². The van der Waals surface area contributed by atoms with Crippen molar-refractivity contribution in [1.29, 1.82) is 0 Å². The van der Waals surface area contributed by atoms with Gasteiger partial charge < -0.3 is 19.2 Å². The van der Waals surface area contributed by atoms with E-state index in [9.17, 15) is 9.59 Å². The number of rotatable bonds is 4. The molecule has 32 heavy (non-hydrogen) atoms. The van der Waals surface area contributed by atoms with E-state index in [1.165, 1.54) is 11.3 Å². The van der Waals surface area contributed by atoms with Crippen molar-refractivity contribution in [2.45, 2.75) is 26.2 Å². The maximum atomic E-state index is 13.0. The van der Waals surface area contributed by atoms with Gasteiger partial charge in [0, 0.05) is 29.3 Å². The Morgan fingerprint density at radius 1 is 1.06 bits per heavy atom. The molecule has 3 aromatic rings. The Labute approximate surface area is 188 Å². The van der Waals surface area contributed by atoms with E-state index in [1.54, 1.807) is 24.3 Å². The number of nitrogens with zero attached hydrogens (tertiary/aromatic N) is 1. The SMILES string of the molecule is Cc1c(C(=O)Nc2ccc3c(c2)OCCO3)oc2c1/C(=N/NC(=O)c1cccs1)CCC2. The third kappa shape index (κ3) is 3.87. The van der Waals surface area contributed by atoms with Crippen molar-refractivity contribution in [3.8, 4) is 11.5 Å². The average Bonchev–Trinajstić information content (AvgIpc) is 3.46. The molecule has 1 aromatic carbocycles. The molecule has 8 nitrogen and oxygen atoms in total. The summed E-state index contributed by atoms with van der Waals surface area (Å²) >= 11 is 1.35. The normalized spacial score (nSPS) is 15.8. The highest BCUT2D eigenvalue weighted by Gasteiger charge is 2.28. The number of hydrogen-bond donors (Lipinski definition) is 2. The predicted octanol–water partition coefficient (Wildman–Crippen LogP) is 4.14. The van der Waals surface area contributed by atoms with E-state index in [-0.39, 0.29) is 17.6 Å². The molecular weight excluding hydrogens is 430 g/mol. The monoisotopic (exact) mass is 451 g/mol. The Hall–Kier alpha value is -3.59. The van der Waals surface area contributed by atoms with Crippen LogP contribution in [0.25, 0.3) is 0 Å². The summed E-state index contributed by atoms with van der Waals surface area (Å²) in [6.07, 6.45) is 2.24. The maximum Gasteiger partial charge on any atom is 0.291 e. The van der Waals surface area contributed by atoms with Crippen molar-refractivity contribution >= 4 is 34.6 Å². The number of anilines is 1. The number of aryl methyl sites for hydroxylation is 1. The van der Waals surface area contributed by atoms with Crippen molar-refractivity contribution in [2.24, 2.45) is 5.10 Å². The molecule has 1 aliphatic carbocycles. The smallest absolute Gasteiger partial charge is 0.291 e. The number of hydrazone groups is 1. The molecule has 0 atom stereocenters. The van der Waals surface area contributed by atoms with Gasteiger partial charge in [0.1, 0.15) is 19.0 Å². The van der Waals surface area contributed by atoms with Crippen LogP contribution < -0.4 is 20.2 Å². The minimum atomic E-state index is -0.351. The van der Waals surface area contributed by atoms with E-state index >= 15 is 0 Å². The fraction of sp³-hybridized carbons (Fsp3) is 0.261. The van der Waals surface area contributed by atoms with Crippen LogP contribution in [0.3, 0.4) is 0 Å². The summed E-state index contributed by atoms with van der Waals surface area (Å²) in [7, 11) is 0. The van der Waals surface area contributed by atoms with Crippen molar-refractivity contribution in [3.05, 3.63) is 63.2 Å². The third-order valence-corrected chi connectivity index (χ3v) is 6.24. The molecule has 0 bridgehead atoms. The molecule has 164 valence electrons. The largest absolute Gasteiger partial charge is 0.486 e. The van der Waals surface area contributed by atoms with Crippen molar-refractivity contribution in [3.63, 3.8) is 0 Å². The first-order valence-electron chi connectivity index (χ1n) is 10.3. The van der Waals surface area contributed by atoms with Crippen LogP contribution in [-0.4, -0.2) is 30.7 Å². The van der Waals surface area contributed by atoms with Crippen LogP contribution in [0, 0.1) is 6.92 Å². The summed E-state index contributed by atoms with van der Waals surface area (Å²) in [5, 5.41) is 9.05. The lowest BCUT2D eigenvalue weighted by atomic mass is 9.93. The molecule has 2 aromatic heterocycles. The van der Waals surface area contributed by atoms with Gasteiger partial charge in [0.2, 0.25) is 0 Å². The first-order chi connectivity index (χ1) is 15.6. The number of ether oxygens (including phenoxy) is 2. The van der Waals surface area contributed by atoms with Crippen molar-refractivity contribution in [1.82, 2.24) is 5.43 Å². The topological polar surface area (TPSA) is 102 Å². The van der Waals surface area contributed by atoms with E-state index < -0.39 is 0 Å². The number of carbonyl (C=O) groups excluding carboxylic acids is 2. The molecule has 0 saturated heterocycles. The number of nitrogens with one attached hydrogen (secondary N) is 2. The highest BCUT2D eigenvalue weighted by Crippen LogP contribution is 2.34. The molecule has 0 unspecified atom stereocenters. The Morgan fingerprint density at radius 2 is 1.91 bits per heavy atom. The first-order valence-corrected chi connectivity index (χ1v) is 11.2. The number of thiophene rings is 1. The number of hydrogen-bond acceptors (Lipinski definition) is 7. The lowest BCUT2D eigenvalue weighted by Gasteiger charge is -2.18. The summed E-state index contributed by atoms with van der Waals surface area (Å²) in [6, 6.07) is 8.83. The lowest BCUT2D eigenvalue weighted by Crippen LogP contribution is -2.21. The van der Waals surface area contributed by atoms with E-state index in [2.05, 4.69) is 15.8 Å². The Morgan fingerprint density at radius 3 is 2.72 bits per heavy atom. The van der Waals surface area contributed by atoms with Gasteiger partial charge >= 0.3 is 0 Å². The van der Waals surface area contributed by atoms with E-state index in [4.69, 9.17) is 13.9 Å². The standard InChI is InChI=1S/C23H21N3O5S/c1-13-20-15(25-26-22(27)19-6-3-11-32-19)4-2-5-17(20)31-21(13)23(28)24-14-7-8-16-18(12-14)30-10-9-29-16/h3,6-8,11-12H,2,4-5,9-10H2,1H3,(H,24,28)(H,26,27)/b25-15+. The van der Waals surface area contributed by atoms with Gasteiger partial charge in [-0.1, -0.05) is 6.07 Å². The van der Waals surface area contributed by atoms with Gasteiger partial charge in [0.15, 0.2) is 17.3 Å². The van der Waals surface area contributed by atoms with E-state index in [0.29, 0.717) is 59.4 Å². The number of carbonyl (C=O) groups is 2. The lowest BCUT2D eigenvalue weighted by molar-refractivity contribution is 0.0957. The van der Waals surface area contributed by atoms with Crippen LogP contribution in [0.1, 0.15) is 50.0 Å². The Balaban J connectivity index is 1.37. The zero-order valence-corrected chi connectivity index (χ0v) is 18.2. The molecule has 0 saturated carbocycles. The molecular formula is C23H21N3O5S. The fourth-order valence-electron chi connectivity index (χ4n) is 3.89. The summed E-state index contributed by atoms with van der Waals surface area (Å²) < 4.78 is 17.0. The molecule has 9 heteroatoms. The van der Waals surface area contributed by atoms with Gasteiger partial charge in [-0.15, -0.1) is 11.3 Å². The van der Waals surface area contributed by atoms with Crippen LogP contribution in [0.5, 0.6) is 11.5 Å². The van der Waals surface area contributed by atoms with Gasteiger partial charge in [-0.2, -0.15) is 5.10 Å². The molecule has 2 aliphatic rings. The second-order valence-electron chi connectivity index (χ2n) is 7.50. The van der Waals surface area contributed by atoms with E-state index in [1.807, 2.05) is 18.4 Å². The van der Waals surface area contributed by atoms with Gasteiger partial charge in [0.25, 0.3) is 11.8 Å². The molecule has 2 amide bonds. The molecule has 1 aliphatic heterocycles. The average molecular weight is 452 g/mol. The first kappa shape index (κ1) is 20.3. The molecule has 0 radical (unpaired) electrons. The summed E-state index contributed by atoms with van der Waals surface area (Å²) in [5.74, 6) is 1.60. The second-order valence-corrected chi connectivity index (χ2v) is 8.44. The summed E-state index contributed by atoms with van der Waals surface area (Å²) in [4.78, 5) is 25.8. The Bertz CT molecular complexity index is 1210. The number of fused-ring (bicyclic) bond motifs is 2. The second kappa shape index (κ2) is 8.51. The summed E-state index contributed by atoms with van der Waals surface area (Å²) in [6.45, 7) is 2.82. The minimum absolute atomic E-state index is 0.240. The fourth-order valence-corrected chi connectivity index (χ4v) is 4.50. The summed E-state index contributed by atoms with van der Waals surface area (Å²) in [5.41, 5.74) is 5.44. The van der Waals surface area contributed by atoms with Crippen molar-refractivity contribution in [2.75, 3.05) is 18.5 Å². The highest BCUT2D eigenvalue weighted by atomic mass is 32.1. The van der Waals surface area contributed by atoms with Crippen LogP contribution in [0.2, 0.25) is 0 Å². The number of furan rings is 1. The third-order valence-electron chi connectivity index (χ3n) is 5.37. The molecule has 5 rings (SSSR count). The Kier molecular flexibility index (Phi) is 5.40. The van der Waals surface area contributed by atoms with Gasteiger partial charge in [-0.3, -0.25) is 9.59 Å². The van der Waals surface area contributed by atoms with E-state index in [0.717, 1.165) is 17.7 Å². The van der Waals surface area contributed by atoms with Crippen LogP contribution in [0.4, 0.5) is 5.69 Å². The molecule has 0 spiro atoms. The molecule has 2 N–H and O–H groups in total. The predicted molar refractivity (Wildman–Crippen MR) is 120 cm³/mol. The number of benzene rings is 1. The quantitative estimate of drug-likeness (QED) is 0.581. The minimum Gasteiger partial charge on any atom is -0.486 e. The van der Waals surface area contributed by atoms with Crippen molar-refractivity contribution < 1.29 is 23.5 Å². The van der Waals surface area contributed by atoms with Crippen LogP contribution in [0.15, 0.2) is 45.2 Å². The molecule has 3 heterocycles. The van der Waals surface area contributed by atoms with Crippen LogP contribution >= 0.6 is 11.3 Å². The zero-order chi connectivity index (χ0) is 22.1.